The summed E-state index contributed by atoms with van der Waals surface area (Å²) in [5.74, 6) is 0.244. The number of carbonyl (C=O) groups is 1. The van der Waals surface area contributed by atoms with E-state index in [2.05, 4.69) is 10.5 Å². The third-order valence-corrected chi connectivity index (χ3v) is 1.78. The lowest BCUT2D eigenvalue weighted by atomic mass is 10.1. The Balaban J connectivity index is 2.59. The topological polar surface area (TPSA) is 75.1 Å². The smallest absolute Gasteiger partial charge is 0.280 e. The lowest BCUT2D eigenvalue weighted by molar-refractivity contribution is -0.124. The number of aromatic nitrogens is 1. The third kappa shape index (κ3) is 2.47. The number of carbonyl (C=O) groups excluding carboxylic acids is 1. The fourth-order valence-corrected chi connectivity index (χ4v) is 1.06. The molecule has 0 aliphatic heterocycles. The van der Waals surface area contributed by atoms with Crippen LogP contribution in [0.25, 0.3) is 0 Å². The summed E-state index contributed by atoms with van der Waals surface area (Å²) >= 11 is 0. The molecule has 72 valence electrons. The van der Waals surface area contributed by atoms with E-state index in [4.69, 9.17) is 4.52 Å². The summed E-state index contributed by atoms with van der Waals surface area (Å²) in [5.41, 5.74) is -0.279. The lowest BCUT2D eigenvalue weighted by Crippen LogP contribution is -2.26. The highest BCUT2D eigenvalue weighted by Gasteiger charge is 2.13. The molecular weight excluding hydrogens is 172 g/mol. The Morgan fingerprint density at radius 3 is 2.92 bits per heavy atom. The van der Waals surface area contributed by atoms with E-state index in [0.717, 1.165) is 0 Å². The summed E-state index contributed by atoms with van der Waals surface area (Å²) < 4.78 is 4.81. The molecule has 0 saturated heterocycles. The van der Waals surface area contributed by atoms with Crippen molar-refractivity contribution in [2.75, 3.05) is 7.05 Å². The number of H-pyrrole nitrogens is 1. The van der Waals surface area contributed by atoms with E-state index in [-0.39, 0.29) is 17.4 Å². The molecule has 1 unspecified atom stereocenters. The molecule has 0 radical (unpaired) electrons. The van der Waals surface area contributed by atoms with Gasteiger partial charge in [0.05, 0.1) is 0 Å². The molecule has 0 fully saturated rings. The van der Waals surface area contributed by atoms with Gasteiger partial charge in [-0.1, -0.05) is 6.92 Å². The Hall–Kier alpha value is -1.52. The van der Waals surface area contributed by atoms with Gasteiger partial charge in [0.1, 0.15) is 5.76 Å². The molecule has 5 heteroatoms. The summed E-state index contributed by atoms with van der Waals surface area (Å²) in [7, 11) is 1.58. The van der Waals surface area contributed by atoms with Crippen LogP contribution in [-0.2, 0) is 11.2 Å². The number of aromatic amines is 1. The minimum atomic E-state index is -0.279. The average Bonchev–Trinajstić information content (AvgIpc) is 2.49. The molecule has 0 saturated carbocycles. The van der Waals surface area contributed by atoms with E-state index in [0.29, 0.717) is 12.2 Å². The van der Waals surface area contributed by atoms with Crippen molar-refractivity contribution in [1.29, 1.82) is 0 Å². The Labute approximate surface area is 75.1 Å². The minimum absolute atomic E-state index is 0.0659. The van der Waals surface area contributed by atoms with Crippen molar-refractivity contribution >= 4 is 5.91 Å². The van der Waals surface area contributed by atoms with Gasteiger partial charge in [-0.15, -0.1) is 0 Å². The summed E-state index contributed by atoms with van der Waals surface area (Å²) in [6, 6.07) is 1.35. The van der Waals surface area contributed by atoms with E-state index in [9.17, 15) is 9.59 Å². The second-order valence-electron chi connectivity index (χ2n) is 2.90. The molecule has 1 aromatic rings. The zero-order valence-electron chi connectivity index (χ0n) is 7.59. The SMILES string of the molecule is CNC(=O)C(C)Cc1cc(=O)[nH]o1. The molecule has 0 aromatic carbocycles. The second-order valence-corrected chi connectivity index (χ2v) is 2.90. The summed E-state index contributed by atoms with van der Waals surface area (Å²) in [5, 5.41) is 4.69. The second kappa shape index (κ2) is 3.93. The van der Waals surface area contributed by atoms with E-state index >= 15 is 0 Å². The molecule has 13 heavy (non-hydrogen) atoms. The molecule has 0 spiro atoms. The van der Waals surface area contributed by atoms with Gasteiger partial charge in [-0.05, 0) is 0 Å². The maximum atomic E-state index is 11.1. The molecule has 2 N–H and O–H groups in total. The fourth-order valence-electron chi connectivity index (χ4n) is 1.06. The molecule has 1 atom stereocenters. The van der Waals surface area contributed by atoms with Crippen LogP contribution in [0.4, 0.5) is 0 Å². The van der Waals surface area contributed by atoms with Crippen LogP contribution in [0.5, 0.6) is 0 Å². The molecule has 1 aromatic heterocycles. The monoisotopic (exact) mass is 184 g/mol. The summed E-state index contributed by atoms with van der Waals surface area (Å²) in [4.78, 5) is 21.7. The first-order valence-electron chi connectivity index (χ1n) is 4.02. The molecule has 0 aliphatic carbocycles. The van der Waals surface area contributed by atoms with Gasteiger partial charge >= 0.3 is 0 Å². The highest BCUT2D eigenvalue weighted by atomic mass is 16.5. The van der Waals surface area contributed by atoms with Gasteiger partial charge in [0.25, 0.3) is 5.56 Å². The normalized spacial score (nSPS) is 12.5. The number of hydrogen-bond donors (Lipinski definition) is 2. The van der Waals surface area contributed by atoms with Gasteiger partial charge < -0.3 is 9.84 Å². The molecule has 0 aliphatic rings. The van der Waals surface area contributed by atoms with Crippen LogP contribution in [0.1, 0.15) is 12.7 Å². The van der Waals surface area contributed by atoms with Crippen molar-refractivity contribution in [3.05, 3.63) is 22.2 Å². The largest absolute Gasteiger partial charge is 0.384 e. The maximum Gasteiger partial charge on any atom is 0.280 e. The van der Waals surface area contributed by atoms with Crippen molar-refractivity contribution in [3.8, 4) is 0 Å². The lowest BCUT2D eigenvalue weighted by Gasteiger charge is -2.05. The van der Waals surface area contributed by atoms with E-state index < -0.39 is 0 Å². The highest BCUT2D eigenvalue weighted by molar-refractivity contribution is 5.78. The van der Waals surface area contributed by atoms with Crippen LogP contribution in [0, 0.1) is 5.92 Å². The maximum absolute atomic E-state index is 11.1. The van der Waals surface area contributed by atoms with Gasteiger partial charge in [-0.25, -0.2) is 0 Å². The number of amides is 1. The molecule has 5 nitrogen and oxygen atoms in total. The first-order valence-corrected chi connectivity index (χ1v) is 4.02. The highest BCUT2D eigenvalue weighted by Crippen LogP contribution is 2.05. The first-order chi connectivity index (χ1) is 6.13. The van der Waals surface area contributed by atoms with E-state index in [1.165, 1.54) is 6.07 Å². The van der Waals surface area contributed by atoms with Crippen molar-refractivity contribution in [2.45, 2.75) is 13.3 Å². The Kier molecular flexibility index (Phi) is 2.89. The zero-order valence-corrected chi connectivity index (χ0v) is 7.59. The quantitative estimate of drug-likeness (QED) is 0.688. The van der Waals surface area contributed by atoms with E-state index in [1.54, 1.807) is 14.0 Å². The molecule has 1 heterocycles. The van der Waals surface area contributed by atoms with Gasteiger partial charge in [0.15, 0.2) is 0 Å². The molecule has 1 rings (SSSR count). The predicted molar refractivity (Wildman–Crippen MR) is 46.3 cm³/mol. The number of hydrogen-bond acceptors (Lipinski definition) is 3. The van der Waals surface area contributed by atoms with Crippen LogP contribution < -0.4 is 10.9 Å². The third-order valence-electron chi connectivity index (χ3n) is 1.78. The van der Waals surface area contributed by atoms with Crippen molar-refractivity contribution in [2.24, 2.45) is 5.92 Å². The van der Waals surface area contributed by atoms with Crippen molar-refractivity contribution in [3.63, 3.8) is 0 Å². The van der Waals surface area contributed by atoms with Crippen molar-refractivity contribution in [1.82, 2.24) is 10.5 Å². The van der Waals surface area contributed by atoms with Crippen LogP contribution in [-0.4, -0.2) is 18.1 Å². The predicted octanol–water partition coefficient (Wildman–Crippen LogP) is -0.107. The Morgan fingerprint density at radius 1 is 1.77 bits per heavy atom. The van der Waals surface area contributed by atoms with Crippen LogP contribution in [0.3, 0.4) is 0 Å². The molecule has 1 amide bonds. The van der Waals surface area contributed by atoms with Gasteiger partial charge in [0, 0.05) is 25.5 Å². The fraction of sp³-hybridized carbons (Fsp3) is 0.500. The van der Waals surface area contributed by atoms with Crippen molar-refractivity contribution < 1.29 is 9.32 Å². The van der Waals surface area contributed by atoms with Gasteiger partial charge in [0.2, 0.25) is 5.91 Å². The Bertz CT molecular complexity index is 339. The van der Waals surface area contributed by atoms with Crippen LogP contribution in [0.2, 0.25) is 0 Å². The van der Waals surface area contributed by atoms with Gasteiger partial charge in [-0.2, -0.15) is 5.16 Å². The standard InChI is InChI=1S/C8H12N2O3/c1-5(8(12)9-2)3-6-4-7(11)10-13-6/h4-5H,3H2,1-2H3,(H,9,12)(H,10,11). The zero-order chi connectivity index (χ0) is 9.84. The number of nitrogens with one attached hydrogen (secondary N) is 2. The van der Waals surface area contributed by atoms with E-state index in [1.807, 2.05) is 0 Å². The van der Waals surface area contributed by atoms with Crippen LogP contribution in [0.15, 0.2) is 15.4 Å². The first kappa shape index (κ1) is 9.57. The van der Waals surface area contributed by atoms with Gasteiger partial charge in [-0.3, -0.25) is 9.59 Å². The summed E-state index contributed by atoms with van der Waals surface area (Å²) in [6.45, 7) is 1.77. The number of rotatable bonds is 3. The molecular formula is C8H12N2O3. The Morgan fingerprint density at radius 2 is 2.46 bits per heavy atom. The molecule has 0 bridgehead atoms. The minimum Gasteiger partial charge on any atom is -0.384 e. The van der Waals surface area contributed by atoms with Crippen LogP contribution >= 0.6 is 0 Å². The summed E-state index contributed by atoms with van der Waals surface area (Å²) in [6.07, 6.45) is 0.429. The average molecular weight is 184 g/mol.